The highest BCUT2D eigenvalue weighted by Crippen LogP contribution is 2.19. The van der Waals surface area contributed by atoms with Gasteiger partial charge in [0.2, 0.25) is 0 Å². The van der Waals surface area contributed by atoms with Crippen LogP contribution in [0.5, 0.6) is 0 Å². The summed E-state index contributed by atoms with van der Waals surface area (Å²) < 4.78 is 7.40. The number of rotatable bonds is 4. The van der Waals surface area contributed by atoms with Crippen LogP contribution in [0.4, 0.5) is 0 Å². The Bertz CT molecular complexity index is 318. The van der Waals surface area contributed by atoms with Crippen molar-refractivity contribution in [3.63, 3.8) is 0 Å². The van der Waals surface area contributed by atoms with Crippen molar-refractivity contribution >= 4 is 0 Å². The van der Waals surface area contributed by atoms with E-state index in [1.54, 1.807) is 0 Å². The lowest BCUT2D eigenvalue weighted by molar-refractivity contribution is 0.0403. The molecule has 2 atom stereocenters. The highest BCUT2D eigenvalue weighted by molar-refractivity contribution is 5.02. The first-order chi connectivity index (χ1) is 7.79. The summed E-state index contributed by atoms with van der Waals surface area (Å²) in [7, 11) is 3.99. The zero-order chi connectivity index (χ0) is 11.4. The quantitative estimate of drug-likeness (QED) is 0.827. The fraction of sp³-hybridized carbons (Fsp3) is 0.750. The molecule has 1 aromatic rings. The molecule has 1 aliphatic rings. The maximum absolute atomic E-state index is 5.54. The number of hydrogen-bond donors (Lipinski definition) is 1. The third-order valence-corrected chi connectivity index (χ3v) is 3.33. The van der Waals surface area contributed by atoms with Gasteiger partial charge in [-0.05, 0) is 31.9 Å². The topological polar surface area (TPSA) is 39.1 Å². The van der Waals surface area contributed by atoms with Gasteiger partial charge in [-0.1, -0.05) is 0 Å². The molecule has 0 aromatic carbocycles. The van der Waals surface area contributed by atoms with E-state index in [2.05, 4.69) is 16.5 Å². The normalized spacial score (nSPS) is 23.2. The summed E-state index contributed by atoms with van der Waals surface area (Å²) in [5, 5.41) is 7.83. The maximum Gasteiger partial charge on any atom is 0.0640 e. The zero-order valence-corrected chi connectivity index (χ0v) is 10.1. The van der Waals surface area contributed by atoms with Crippen LogP contribution in [-0.2, 0) is 18.2 Å². The molecule has 0 saturated carbocycles. The summed E-state index contributed by atoms with van der Waals surface area (Å²) >= 11 is 0. The summed E-state index contributed by atoms with van der Waals surface area (Å²) in [5.41, 5.74) is 1.16. The van der Waals surface area contributed by atoms with Crippen molar-refractivity contribution in [2.24, 2.45) is 13.0 Å². The Morgan fingerprint density at radius 3 is 3.12 bits per heavy atom. The van der Waals surface area contributed by atoms with Crippen molar-refractivity contribution in [1.29, 1.82) is 0 Å². The van der Waals surface area contributed by atoms with Crippen LogP contribution in [0.15, 0.2) is 12.3 Å². The highest BCUT2D eigenvalue weighted by atomic mass is 16.5. The summed E-state index contributed by atoms with van der Waals surface area (Å²) in [5.74, 6) is 0.626. The van der Waals surface area contributed by atoms with Gasteiger partial charge in [0.25, 0.3) is 0 Å². The SMILES string of the molecule is CNC(Cc1ccn(C)n1)C1CCCOC1. The summed E-state index contributed by atoms with van der Waals surface area (Å²) in [6, 6.07) is 2.57. The third kappa shape index (κ3) is 2.83. The number of nitrogens with zero attached hydrogens (tertiary/aromatic N) is 2. The van der Waals surface area contributed by atoms with E-state index in [1.165, 1.54) is 12.8 Å². The second kappa shape index (κ2) is 5.46. The van der Waals surface area contributed by atoms with Crippen LogP contribution in [0.25, 0.3) is 0 Å². The van der Waals surface area contributed by atoms with Crippen LogP contribution in [0, 0.1) is 5.92 Å². The molecule has 0 aliphatic carbocycles. The predicted molar refractivity (Wildman–Crippen MR) is 63.3 cm³/mol. The van der Waals surface area contributed by atoms with E-state index >= 15 is 0 Å². The molecule has 1 saturated heterocycles. The van der Waals surface area contributed by atoms with Crippen LogP contribution < -0.4 is 5.32 Å². The molecule has 0 spiro atoms. The largest absolute Gasteiger partial charge is 0.381 e. The van der Waals surface area contributed by atoms with Gasteiger partial charge in [-0.3, -0.25) is 4.68 Å². The molecular formula is C12H21N3O. The molecule has 1 N–H and O–H groups in total. The van der Waals surface area contributed by atoms with Crippen molar-refractivity contribution in [3.05, 3.63) is 18.0 Å². The number of ether oxygens (including phenoxy) is 1. The molecule has 16 heavy (non-hydrogen) atoms. The zero-order valence-electron chi connectivity index (χ0n) is 10.1. The molecule has 0 radical (unpaired) electrons. The van der Waals surface area contributed by atoms with Gasteiger partial charge in [0, 0.05) is 32.3 Å². The van der Waals surface area contributed by atoms with E-state index in [4.69, 9.17) is 4.74 Å². The van der Waals surface area contributed by atoms with E-state index in [0.29, 0.717) is 12.0 Å². The van der Waals surface area contributed by atoms with Crippen molar-refractivity contribution < 1.29 is 4.74 Å². The molecule has 4 nitrogen and oxygen atoms in total. The Balaban J connectivity index is 1.94. The van der Waals surface area contributed by atoms with Crippen molar-refractivity contribution in [2.45, 2.75) is 25.3 Å². The van der Waals surface area contributed by atoms with Gasteiger partial charge in [0.1, 0.15) is 0 Å². The Morgan fingerprint density at radius 1 is 1.69 bits per heavy atom. The van der Waals surface area contributed by atoms with Gasteiger partial charge in [-0.2, -0.15) is 5.10 Å². The van der Waals surface area contributed by atoms with Crippen molar-refractivity contribution in [1.82, 2.24) is 15.1 Å². The Labute approximate surface area is 97.0 Å². The van der Waals surface area contributed by atoms with Crippen LogP contribution in [0.1, 0.15) is 18.5 Å². The number of nitrogens with one attached hydrogen (secondary N) is 1. The Hall–Kier alpha value is -0.870. The Kier molecular flexibility index (Phi) is 3.96. The van der Waals surface area contributed by atoms with Crippen LogP contribution in [0.3, 0.4) is 0 Å². The highest BCUT2D eigenvalue weighted by Gasteiger charge is 2.23. The van der Waals surface area contributed by atoms with E-state index in [0.717, 1.165) is 25.3 Å². The van der Waals surface area contributed by atoms with Gasteiger partial charge in [-0.15, -0.1) is 0 Å². The first-order valence-corrected chi connectivity index (χ1v) is 6.03. The minimum absolute atomic E-state index is 0.482. The monoisotopic (exact) mass is 223 g/mol. The molecule has 0 bridgehead atoms. The first kappa shape index (κ1) is 11.6. The fourth-order valence-corrected chi connectivity index (χ4v) is 2.38. The van der Waals surface area contributed by atoms with E-state index in [-0.39, 0.29) is 0 Å². The fourth-order valence-electron chi connectivity index (χ4n) is 2.38. The molecule has 1 aliphatic heterocycles. The second-order valence-electron chi connectivity index (χ2n) is 4.56. The summed E-state index contributed by atoms with van der Waals surface area (Å²) in [4.78, 5) is 0. The lowest BCUT2D eigenvalue weighted by Gasteiger charge is -2.29. The molecule has 4 heteroatoms. The lowest BCUT2D eigenvalue weighted by atomic mass is 9.91. The molecule has 90 valence electrons. The van der Waals surface area contributed by atoms with Gasteiger partial charge in [0.15, 0.2) is 0 Å². The van der Waals surface area contributed by atoms with Crippen LogP contribution in [-0.4, -0.2) is 36.1 Å². The molecule has 2 rings (SSSR count). The number of likely N-dealkylation sites (N-methyl/N-ethyl adjacent to an activating group) is 1. The molecule has 2 heterocycles. The van der Waals surface area contributed by atoms with Gasteiger partial charge < -0.3 is 10.1 Å². The minimum atomic E-state index is 0.482. The minimum Gasteiger partial charge on any atom is -0.381 e. The maximum atomic E-state index is 5.54. The van der Waals surface area contributed by atoms with Gasteiger partial charge in [-0.25, -0.2) is 0 Å². The molecule has 2 unspecified atom stereocenters. The number of aryl methyl sites for hydroxylation is 1. The summed E-state index contributed by atoms with van der Waals surface area (Å²) in [6.07, 6.45) is 5.44. The molecule has 1 fully saturated rings. The molecule has 1 aromatic heterocycles. The molecule has 0 amide bonds. The van der Waals surface area contributed by atoms with E-state index in [1.807, 2.05) is 25.0 Å². The van der Waals surface area contributed by atoms with Crippen molar-refractivity contribution in [2.75, 3.05) is 20.3 Å². The van der Waals surface area contributed by atoms with Crippen LogP contribution in [0.2, 0.25) is 0 Å². The Morgan fingerprint density at radius 2 is 2.56 bits per heavy atom. The standard InChI is InChI=1S/C12H21N3O/c1-13-12(10-4-3-7-16-9-10)8-11-5-6-15(2)14-11/h5-6,10,12-13H,3-4,7-9H2,1-2H3. The van der Waals surface area contributed by atoms with Gasteiger partial charge in [0.05, 0.1) is 12.3 Å². The van der Waals surface area contributed by atoms with E-state index < -0.39 is 0 Å². The number of aromatic nitrogens is 2. The average Bonchev–Trinajstić information content (AvgIpc) is 2.73. The van der Waals surface area contributed by atoms with Crippen molar-refractivity contribution in [3.8, 4) is 0 Å². The average molecular weight is 223 g/mol. The molecular weight excluding hydrogens is 202 g/mol. The second-order valence-corrected chi connectivity index (χ2v) is 4.56. The summed E-state index contributed by atoms with van der Waals surface area (Å²) in [6.45, 7) is 1.81. The van der Waals surface area contributed by atoms with Crippen LogP contribution >= 0.6 is 0 Å². The lowest BCUT2D eigenvalue weighted by Crippen LogP contribution is -2.40. The first-order valence-electron chi connectivity index (χ1n) is 6.03. The van der Waals surface area contributed by atoms with E-state index in [9.17, 15) is 0 Å². The third-order valence-electron chi connectivity index (χ3n) is 3.33. The van der Waals surface area contributed by atoms with Gasteiger partial charge >= 0.3 is 0 Å². The number of hydrogen-bond acceptors (Lipinski definition) is 3. The smallest absolute Gasteiger partial charge is 0.0640 e. The predicted octanol–water partition coefficient (Wildman–Crippen LogP) is 0.977.